The van der Waals surface area contributed by atoms with Gasteiger partial charge in [0, 0.05) is 11.3 Å². The van der Waals surface area contributed by atoms with Gasteiger partial charge in [0.25, 0.3) is 0 Å². The summed E-state index contributed by atoms with van der Waals surface area (Å²) in [4.78, 5) is 17.2. The van der Waals surface area contributed by atoms with Crippen LogP contribution in [0.1, 0.15) is 48.7 Å². The van der Waals surface area contributed by atoms with E-state index in [1.54, 1.807) is 0 Å². The maximum absolute atomic E-state index is 12.6. The molecule has 1 fully saturated rings. The average molecular weight is 267 g/mol. The Morgan fingerprint density at radius 3 is 2.60 bits per heavy atom. The Balaban J connectivity index is 1.92. The van der Waals surface area contributed by atoms with Gasteiger partial charge in [-0.2, -0.15) is 0 Å². The van der Waals surface area contributed by atoms with Crippen molar-refractivity contribution in [2.75, 3.05) is 0 Å². The fourth-order valence-corrected chi connectivity index (χ4v) is 3.21. The van der Waals surface area contributed by atoms with Gasteiger partial charge in [-0.3, -0.25) is 4.79 Å². The van der Waals surface area contributed by atoms with Crippen LogP contribution in [0.5, 0.6) is 0 Å². The molecule has 2 heteroatoms. The lowest BCUT2D eigenvalue weighted by molar-refractivity contribution is 0.0870. The summed E-state index contributed by atoms with van der Waals surface area (Å²) in [6.45, 7) is 4.34. The predicted molar refractivity (Wildman–Crippen MR) is 81.9 cm³/mol. The molecule has 1 aromatic heterocycles. The molecule has 0 radical (unpaired) electrons. The van der Waals surface area contributed by atoms with E-state index >= 15 is 0 Å². The van der Waals surface area contributed by atoms with Gasteiger partial charge < -0.3 is 0 Å². The second-order valence-corrected chi connectivity index (χ2v) is 6.16. The summed E-state index contributed by atoms with van der Waals surface area (Å²) >= 11 is 0. The Bertz CT molecular complexity index is 639. The van der Waals surface area contributed by atoms with Gasteiger partial charge in [0.1, 0.15) is 5.69 Å². The zero-order valence-electron chi connectivity index (χ0n) is 12.2. The molecular formula is C18H21NO. The molecule has 0 saturated heterocycles. The number of aromatic nitrogens is 1. The van der Waals surface area contributed by atoms with Gasteiger partial charge >= 0.3 is 0 Å². The molecule has 0 unspecified atom stereocenters. The zero-order valence-corrected chi connectivity index (χ0v) is 12.2. The molecule has 20 heavy (non-hydrogen) atoms. The van der Waals surface area contributed by atoms with Crippen LogP contribution in [0.4, 0.5) is 0 Å². The molecule has 2 aromatic rings. The summed E-state index contributed by atoms with van der Waals surface area (Å²) in [6, 6.07) is 10.0. The first-order valence-corrected chi connectivity index (χ1v) is 7.56. The first-order chi connectivity index (χ1) is 9.65. The number of pyridine rings is 1. The number of aryl methyl sites for hydroxylation is 1. The second-order valence-electron chi connectivity index (χ2n) is 6.16. The Kier molecular flexibility index (Phi) is 3.56. The first-order valence-electron chi connectivity index (χ1n) is 7.56. The summed E-state index contributed by atoms with van der Waals surface area (Å²) in [5, 5.41) is 1.14. The van der Waals surface area contributed by atoms with E-state index in [1.165, 1.54) is 12.8 Å². The van der Waals surface area contributed by atoms with Crippen LogP contribution in [0.15, 0.2) is 30.3 Å². The largest absolute Gasteiger partial charge is 0.292 e. The minimum Gasteiger partial charge on any atom is -0.292 e. The number of para-hydroxylation sites is 1. The summed E-state index contributed by atoms with van der Waals surface area (Å²) in [6.07, 6.45) is 4.38. The van der Waals surface area contributed by atoms with E-state index in [1.807, 2.05) is 24.3 Å². The highest BCUT2D eigenvalue weighted by Gasteiger charge is 2.26. The normalized spacial score (nSPS) is 22.9. The second kappa shape index (κ2) is 5.35. The number of carbonyl (C=O) groups is 1. The van der Waals surface area contributed by atoms with Crippen molar-refractivity contribution in [3.8, 4) is 0 Å². The number of hydrogen-bond donors (Lipinski definition) is 0. The van der Waals surface area contributed by atoms with Crippen LogP contribution in [0, 0.1) is 18.8 Å². The van der Waals surface area contributed by atoms with Crippen molar-refractivity contribution in [1.82, 2.24) is 4.98 Å². The zero-order chi connectivity index (χ0) is 14.1. The van der Waals surface area contributed by atoms with Crippen LogP contribution in [0.3, 0.4) is 0 Å². The van der Waals surface area contributed by atoms with Gasteiger partial charge in [0.2, 0.25) is 0 Å². The molecule has 0 atom stereocenters. The molecular weight excluding hydrogens is 246 g/mol. The fraction of sp³-hybridized carbons (Fsp3) is 0.444. The van der Waals surface area contributed by atoms with Crippen molar-refractivity contribution in [1.29, 1.82) is 0 Å². The summed E-state index contributed by atoms with van der Waals surface area (Å²) < 4.78 is 0. The van der Waals surface area contributed by atoms with Crippen LogP contribution in [-0.4, -0.2) is 10.8 Å². The molecule has 0 amide bonds. The maximum atomic E-state index is 12.6. The van der Waals surface area contributed by atoms with Crippen LogP contribution >= 0.6 is 0 Å². The van der Waals surface area contributed by atoms with Gasteiger partial charge in [-0.1, -0.05) is 38.0 Å². The smallest absolute Gasteiger partial charge is 0.184 e. The molecule has 0 N–H and O–H groups in total. The van der Waals surface area contributed by atoms with E-state index in [-0.39, 0.29) is 11.7 Å². The molecule has 0 bridgehead atoms. The molecule has 1 heterocycles. The summed E-state index contributed by atoms with van der Waals surface area (Å²) in [5.74, 6) is 1.19. The highest BCUT2D eigenvalue weighted by atomic mass is 16.1. The summed E-state index contributed by atoms with van der Waals surface area (Å²) in [7, 11) is 0. The lowest BCUT2D eigenvalue weighted by Crippen LogP contribution is -2.21. The molecule has 0 spiro atoms. The van der Waals surface area contributed by atoms with E-state index in [9.17, 15) is 4.79 Å². The minimum absolute atomic E-state index is 0.180. The van der Waals surface area contributed by atoms with E-state index in [0.717, 1.165) is 35.2 Å². The third-order valence-electron chi connectivity index (χ3n) is 4.56. The third kappa shape index (κ3) is 2.47. The van der Waals surface area contributed by atoms with Crippen LogP contribution < -0.4 is 0 Å². The van der Waals surface area contributed by atoms with E-state index in [0.29, 0.717) is 5.69 Å². The molecule has 2 nitrogen and oxygen atoms in total. The van der Waals surface area contributed by atoms with Gasteiger partial charge in [0.15, 0.2) is 5.78 Å². The van der Waals surface area contributed by atoms with Crippen LogP contribution in [-0.2, 0) is 0 Å². The standard InChI is InChI=1S/C18H21NO/c1-12-7-9-14(10-8-12)18(20)17-11-13(2)15-5-3-4-6-16(15)19-17/h3-6,11-12,14H,7-10H2,1-2H3. The Morgan fingerprint density at radius 2 is 1.85 bits per heavy atom. The number of Topliss-reactive ketones (excluding diaryl/α,β-unsaturated/α-hetero) is 1. The lowest BCUT2D eigenvalue weighted by atomic mass is 9.80. The lowest BCUT2D eigenvalue weighted by Gasteiger charge is -2.24. The molecule has 104 valence electrons. The number of benzene rings is 1. The van der Waals surface area contributed by atoms with Crippen molar-refractivity contribution in [3.63, 3.8) is 0 Å². The topological polar surface area (TPSA) is 30.0 Å². The summed E-state index contributed by atoms with van der Waals surface area (Å²) in [5.41, 5.74) is 2.73. The molecule has 3 rings (SSSR count). The van der Waals surface area contributed by atoms with Gasteiger partial charge in [-0.15, -0.1) is 0 Å². The number of ketones is 1. The minimum atomic E-state index is 0.180. The van der Waals surface area contributed by atoms with Crippen molar-refractivity contribution < 1.29 is 4.79 Å². The van der Waals surface area contributed by atoms with E-state index < -0.39 is 0 Å². The number of fused-ring (bicyclic) bond motifs is 1. The quantitative estimate of drug-likeness (QED) is 0.747. The van der Waals surface area contributed by atoms with E-state index in [4.69, 9.17) is 0 Å². The van der Waals surface area contributed by atoms with Crippen molar-refractivity contribution >= 4 is 16.7 Å². The van der Waals surface area contributed by atoms with Gasteiger partial charge in [-0.25, -0.2) is 4.98 Å². The number of rotatable bonds is 2. The Hall–Kier alpha value is -1.70. The fourth-order valence-electron chi connectivity index (χ4n) is 3.21. The number of carbonyl (C=O) groups excluding carboxylic acids is 1. The van der Waals surface area contributed by atoms with Crippen LogP contribution in [0.25, 0.3) is 10.9 Å². The molecule has 1 aliphatic rings. The Labute approximate surface area is 120 Å². The molecule has 1 aliphatic carbocycles. The Morgan fingerprint density at radius 1 is 1.15 bits per heavy atom. The molecule has 0 aliphatic heterocycles. The molecule has 1 aromatic carbocycles. The predicted octanol–water partition coefficient (Wildman–Crippen LogP) is 4.55. The van der Waals surface area contributed by atoms with Crippen molar-refractivity contribution in [2.45, 2.75) is 39.5 Å². The maximum Gasteiger partial charge on any atom is 0.184 e. The average Bonchev–Trinajstić information content (AvgIpc) is 2.47. The molecule has 1 saturated carbocycles. The van der Waals surface area contributed by atoms with Crippen molar-refractivity contribution in [2.24, 2.45) is 11.8 Å². The first kappa shape index (κ1) is 13.3. The SMILES string of the molecule is Cc1cc(C(=O)C2CCC(C)CC2)nc2ccccc12. The van der Waals surface area contributed by atoms with E-state index in [2.05, 4.69) is 24.9 Å². The van der Waals surface area contributed by atoms with Gasteiger partial charge in [0.05, 0.1) is 5.52 Å². The van der Waals surface area contributed by atoms with Crippen molar-refractivity contribution in [3.05, 3.63) is 41.6 Å². The number of nitrogens with zero attached hydrogens (tertiary/aromatic N) is 1. The highest BCUT2D eigenvalue weighted by molar-refractivity contribution is 5.98. The van der Waals surface area contributed by atoms with Gasteiger partial charge in [-0.05, 0) is 43.4 Å². The van der Waals surface area contributed by atoms with Crippen LogP contribution in [0.2, 0.25) is 0 Å². The highest BCUT2D eigenvalue weighted by Crippen LogP contribution is 2.31. The monoisotopic (exact) mass is 267 g/mol. The third-order valence-corrected chi connectivity index (χ3v) is 4.56. The number of hydrogen-bond acceptors (Lipinski definition) is 2.